The Morgan fingerprint density at radius 3 is 2.78 bits per heavy atom. The maximum absolute atomic E-state index is 13.9. The van der Waals surface area contributed by atoms with Crippen LogP contribution in [0.5, 0.6) is 0 Å². The first kappa shape index (κ1) is 23.4. The molecule has 2 aliphatic heterocycles. The lowest BCUT2D eigenvalue weighted by Gasteiger charge is -2.41. The van der Waals surface area contributed by atoms with E-state index in [4.69, 9.17) is 9.72 Å². The van der Waals surface area contributed by atoms with Crippen molar-refractivity contribution in [2.75, 3.05) is 26.7 Å². The van der Waals surface area contributed by atoms with E-state index in [0.29, 0.717) is 11.8 Å². The largest absolute Gasteiger partial charge is 0.375 e. The molecule has 2 saturated heterocycles. The van der Waals surface area contributed by atoms with Gasteiger partial charge in [-0.2, -0.15) is 0 Å². The van der Waals surface area contributed by atoms with Crippen LogP contribution < -0.4 is 5.32 Å². The number of piperidine rings is 1. The molecule has 6 heteroatoms. The van der Waals surface area contributed by atoms with Crippen LogP contribution in [0.15, 0.2) is 30.3 Å². The number of carbonyl (C=O) groups excluding carboxylic acids is 1. The van der Waals surface area contributed by atoms with E-state index in [1.807, 2.05) is 0 Å². The highest BCUT2D eigenvalue weighted by molar-refractivity contribution is 7.11. The number of aromatic nitrogens is 1. The second-order valence-electron chi connectivity index (χ2n) is 9.69. The minimum absolute atomic E-state index is 0.0244. The first-order chi connectivity index (χ1) is 15.4. The van der Waals surface area contributed by atoms with Crippen molar-refractivity contribution in [3.63, 3.8) is 0 Å². The van der Waals surface area contributed by atoms with Crippen molar-refractivity contribution >= 4 is 17.2 Å². The molecule has 2 aromatic rings. The molecule has 2 aliphatic rings. The van der Waals surface area contributed by atoms with E-state index in [9.17, 15) is 4.79 Å². The number of rotatable bonds is 6. The van der Waals surface area contributed by atoms with E-state index < -0.39 is 0 Å². The molecule has 2 fully saturated rings. The lowest BCUT2D eigenvalue weighted by atomic mass is 9.75. The highest BCUT2D eigenvalue weighted by atomic mass is 32.1. The quantitative estimate of drug-likeness (QED) is 0.678. The Hall–Kier alpha value is -1.76. The summed E-state index contributed by atoms with van der Waals surface area (Å²) in [5.41, 5.74) is 2.16. The Bertz CT molecular complexity index is 926. The van der Waals surface area contributed by atoms with Crippen molar-refractivity contribution in [1.82, 2.24) is 15.2 Å². The van der Waals surface area contributed by atoms with E-state index in [-0.39, 0.29) is 23.5 Å². The first-order valence-corrected chi connectivity index (χ1v) is 12.8. The van der Waals surface area contributed by atoms with Crippen molar-refractivity contribution in [3.8, 4) is 0 Å². The smallest absolute Gasteiger partial charge is 0.228 e. The van der Waals surface area contributed by atoms with Crippen LogP contribution in [0.3, 0.4) is 0 Å². The van der Waals surface area contributed by atoms with Crippen LogP contribution in [-0.2, 0) is 14.9 Å². The summed E-state index contributed by atoms with van der Waals surface area (Å²) in [5.74, 6) is 0.747. The number of hydrogen-bond donors (Lipinski definition) is 1. The number of nitrogens with one attached hydrogen (secondary N) is 1. The van der Waals surface area contributed by atoms with Crippen LogP contribution in [-0.4, -0.2) is 48.6 Å². The van der Waals surface area contributed by atoms with Gasteiger partial charge in [0.1, 0.15) is 0 Å². The number of ether oxygens (including phenoxy) is 1. The molecule has 0 aliphatic carbocycles. The average molecular weight is 456 g/mol. The van der Waals surface area contributed by atoms with Crippen molar-refractivity contribution < 1.29 is 9.53 Å². The van der Waals surface area contributed by atoms with Crippen molar-refractivity contribution in [3.05, 3.63) is 51.5 Å². The fourth-order valence-corrected chi connectivity index (χ4v) is 6.86. The summed E-state index contributed by atoms with van der Waals surface area (Å²) in [6, 6.07) is 11.0. The third-order valence-corrected chi connectivity index (χ3v) is 8.84. The van der Waals surface area contributed by atoms with Crippen LogP contribution in [0.1, 0.15) is 73.2 Å². The van der Waals surface area contributed by atoms with Gasteiger partial charge in [0.15, 0.2) is 0 Å². The third-order valence-electron chi connectivity index (χ3n) is 7.58. The zero-order valence-electron chi connectivity index (χ0n) is 20.1. The molecule has 0 radical (unpaired) electrons. The molecular formula is C26H37N3O2S. The van der Waals surface area contributed by atoms with Gasteiger partial charge in [-0.25, -0.2) is 4.98 Å². The number of methoxy groups -OCH3 is 1. The van der Waals surface area contributed by atoms with Gasteiger partial charge < -0.3 is 15.0 Å². The first-order valence-electron chi connectivity index (χ1n) is 12.0. The summed E-state index contributed by atoms with van der Waals surface area (Å²) < 4.78 is 5.76. The summed E-state index contributed by atoms with van der Waals surface area (Å²) in [4.78, 5) is 22.1. The minimum Gasteiger partial charge on any atom is -0.375 e. The average Bonchev–Trinajstić information content (AvgIpc) is 3.38. The molecule has 1 aromatic heterocycles. The van der Waals surface area contributed by atoms with Gasteiger partial charge in [0.25, 0.3) is 0 Å². The molecule has 1 N–H and O–H groups in total. The van der Waals surface area contributed by atoms with E-state index >= 15 is 0 Å². The second kappa shape index (κ2) is 9.62. The van der Waals surface area contributed by atoms with Gasteiger partial charge >= 0.3 is 0 Å². The number of nitrogens with zero attached hydrogens (tertiary/aromatic N) is 2. The van der Waals surface area contributed by atoms with Gasteiger partial charge in [-0.1, -0.05) is 44.2 Å². The van der Waals surface area contributed by atoms with Crippen LogP contribution in [0.4, 0.5) is 0 Å². The zero-order valence-corrected chi connectivity index (χ0v) is 20.9. The van der Waals surface area contributed by atoms with E-state index in [1.54, 1.807) is 18.4 Å². The lowest BCUT2D eigenvalue weighted by Crippen LogP contribution is -2.50. The Kier molecular flexibility index (Phi) is 7.03. The van der Waals surface area contributed by atoms with Gasteiger partial charge in [-0.15, -0.1) is 11.3 Å². The molecule has 32 heavy (non-hydrogen) atoms. The molecule has 1 amide bonds. The van der Waals surface area contributed by atoms with Crippen LogP contribution >= 0.6 is 11.3 Å². The zero-order chi connectivity index (χ0) is 22.9. The van der Waals surface area contributed by atoms with Crippen LogP contribution in [0.2, 0.25) is 0 Å². The molecule has 5 nitrogen and oxygen atoms in total. The SMILES string of the molecule is CCC(OC)c1nc(C)sc1C1(C)CNCC1C(=O)N1CCC(c2ccccc2)CC1C. The predicted molar refractivity (Wildman–Crippen MR) is 130 cm³/mol. The number of hydrogen-bond acceptors (Lipinski definition) is 5. The molecule has 174 valence electrons. The molecule has 1 aromatic carbocycles. The molecule has 5 atom stereocenters. The maximum atomic E-state index is 13.9. The summed E-state index contributed by atoms with van der Waals surface area (Å²) in [6.07, 6.45) is 2.91. The summed E-state index contributed by atoms with van der Waals surface area (Å²) in [6.45, 7) is 11.0. The topological polar surface area (TPSA) is 54.5 Å². The lowest BCUT2D eigenvalue weighted by molar-refractivity contribution is -0.140. The Morgan fingerprint density at radius 1 is 1.38 bits per heavy atom. The fourth-order valence-electron chi connectivity index (χ4n) is 5.69. The Morgan fingerprint density at radius 2 is 2.12 bits per heavy atom. The maximum Gasteiger partial charge on any atom is 0.228 e. The summed E-state index contributed by atoms with van der Waals surface area (Å²) in [7, 11) is 1.75. The van der Waals surface area contributed by atoms with E-state index in [0.717, 1.165) is 49.6 Å². The summed E-state index contributed by atoms with van der Waals surface area (Å²) >= 11 is 1.73. The molecule has 3 heterocycles. The van der Waals surface area contributed by atoms with E-state index in [1.165, 1.54) is 10.4 Å². The standard InChI is InChI=1S/C26H37N3O2S/c1-6-22(31-5)23-24(32-18(3)28-23)26(4)16-27-15-21(26)25(30)29-13-12-20(14-17(29)2)19-10-8-7-9-11-19/h7-11,17,20-22,27H,6,12-16H2,1-5H3. The van der Waals surface area contributed by atoms with Gasteiger partial charge in [0.05, 0.1) is 22.7 Å². The highest BCUT2D eigenvalue weighted by Crippen LogP contribution is 2.44. The van der Waals surface area contributed by atoms with Crippen molar-refractivity contribution in [2.45, 2.75) is 70.4 Å². The Balaban J connectivity index is 1.56. The Labute approximate surface area is 196 Å². The molecule has 0 saturated carbocycles. The number of aryl methyl sites for hydroxylation is 1. The molecule has 4 rings (SSSR count). The third kappa shape index (κ3) is 4.25. The molecule has 5 unspecified atom stereocenters. The number of amides is 1. The number of thiazole rings is 1. The van der Waals surface area contributed by atoms with Crippen molar-refractivity contribution in [1.29, 1.82) is 0 Å². The molecule has 0 spiro atoms. The van der Waals surface area contributed by atoms with Gasteiger partial charge in [-0.05, 0) is 44.6 Å². The molecular weight excluding hydrogens is 418 g/mol. The normalized spacial score (nSPS) is 29.3. The number of likely N-dealkylation sites (tertiary alicyclic amines) is 1. The summed E-state index contributed by atoms with van der Waals surface area (Å²) in [5, 5.41) is 4.58. The van der Waals surface area contributed by atoms with Crippen LogP contribution in [0, 0.1) is 12.8 Å². The van der Waals surface area contributed by atoms with Gasteiger partial charge in [0.2, 0.25) is 5.91 Å². The fraction of sp³-hybridized carbons (Fsp3) is 0.615. The van der Waals surface area contributed by atoms with Crippen LogP contribution in [0.25, 0.3) is 0 Å². The monoisotopic (exact) mass is 455 g/mol. The minimum atomic E-state index is -0.264. The second-order valence-corrected chi connectivity index (χ2v) is 10.9. The van der Waals surface area contributed by atoms with Gasteiger partial charge in [0, 0.05) is 43.1 Å². The number of benzene rings is 1. The predicted octanol–water partition coefficient (Wildman–Crippen LogP) is 4.82. The molecule has 0 bridgehead atoms. The van der Waals surface area contributed by atoms with Gasteiger partial charge in [-0.3, -0.25) is 4.79 Å². The van der Waals surface area contributed by atoms with E-state index in [2.05, 4.69) is 68.2 Å². The number of carbonyl (C=O) groups is 1. The highest BCUT2D eigenvalue weighted by Gasteiger charge is 2.49. The van der Waals surface area contributed by atoms with Crippen molar-refractivity contribution in [2.24, 2.45) is 5.92 Å².